The number of hydrogen-bond acceptors (Lipinski definition) is 5. The Morgan fingerprint density at radius 3 is 3.09 bits per heavy atom. The first-order valence-corrected chi connectivity index (χ1v) is 7.87. The maximum atomic E-state index is 11.9. The van der Waals surface area contributed by atoms with Gasteiger partial charge in [0.25, 0.3) is 0 Å². The van der Waals surface area contributed by atoms with Crippen molar-refractivity contribution in [2.24, 2.45) is 11.8 Å². The van der Waals surface area contributed by atoms with Crippen LogP contribution in [0.5, 0.6) is 5.75 Å². The number of carbonyl (C=O) groups excluding carboxylic acids is 2. The zero-order chi connectivity index (χ0) is 16.4. The largest absolute Gasteiger partial charge is 0.485 e. The molecule has 2 fully saturated rings. The lowest BCUT2D eigenvalue weighted by Crippen LogP contribution is -2.18. The summed E-state index contributed by atoms with van der Waals surface area (Å²) >= 11 is 5.84. The first-order chi connectivity index (χ1) is 11.0. The van der Waals surface area contributed by atoms with E-state index in [1.54, 1.807) is 30.3 Å². The third-order valence-electron chi connectivity index (χ3n) is 4.26. The Balaban J connectivity index is 1.55. The molecule has 1 aliphatic heterocycles. The topological polar surface area (TPSA) is 72.8 Å². The van der Waals surface area contributed by atoms with Crippen molar-refractivity contribution in [1.29, 1.82) is 0 Å². The second-order valence-electron chi connectivity index (χ2n) is 5.85. The maximum absolute atomic E-state index is 11.9. The number of carbonyl (C=O) groups is 2. The molecule has 1 aliphatic carbocycles. The Morgan fingerprint density at radius 1 is 1.48 bits per heavy atom. The van der Waals surface area contributed by atoms with Crippen LogP contribution in [0.3, 0.4) is 0 Å². The van der Waals surface area contributed by atoms with Crippen LogP contribution in [0, 0.1) is 11.8 Å². The van der Waals surface area contributed by atoms with Crippen LogP contribution in [0.1, 0.15) is 12.8 Å². The summed E-state index contributed by atoms with van der Waals surface area (Å²) in [7, 11) is 0. The van der Waals surface area contributed by atoms with E-state index in [-0.39, 0.29) is 36.3 Å². The molecular weight excluding hydrogens is 320 g/mol. The van der Waals surface area contributed by atoms with Gasteiger partial charge in [-0.2, -0.15) is 0 Å². The molecule has 1 aromatic rings. The number of hydrogen-bond donors (Lipinski definition) is 1. The van der Waals surface area contributed by atoms with Crippen molar-refractivity contribution in [1.82, 2.24) is 0 Å². The molecule has 1 saturated heterocycles. The number of benzene rings is 1. The fraction of sp³-hybridized carbons (Fsp3) is 0.412. The van der Waals surface area contributed by atoms with Crippen LogP contribution >= 0.6 is 11.6 Å². The van der Waals surface area contributed by atoms with Gasteiger partial charge in [0.15, 0.2) is 12.4 Å². The maximum Gasteiger partial charge on any atom is 0.306 e. The molecule has 0 bridgehead atoms. The normalized spacial score (nSPS) is 29.6. The summed E-state index contributed by atoms with van der Waals surface area (Å²) < 4.78 is 10.5. The third kappa shape index (κ3) is 3.74. The van der Waals surface area contributed by atoms with Gasteiger partial charge >= 0.3 is 5.97 Å². The van der Waals surface area contributed by atoms with Gasteiger partial charge in [0, 0.05) is 23.3 Å². The number of ether oxygens (including phenoxy) is 2. The molecular formula is C17H17ClO5. The Morgan fingerprint density at radius 2 is 2.30 bits per heavy atom. The van der Waals surface area contributed by atoms with E-state index in [2.05, 4.69) is 0 Å². The van der Waals surface area contributed by atoms with Crippen LogP contribution < -0.4 is 4.74 Å². The molecule has 0 spiro atoms. The Kier molecular flexibility index (Phi) is 4.68. The van der Waals surface area contributed by atoms with E-state index in [0.717, 1.165) is 0 Å². The lowest BCUT2D eigenvalue weighted by Gasteiger charge is -2.14. The standard InChI is InChI=1S/C17H17ClO5/c18-10-2-1-3-12(6-10)22-9-11(19)4-5-13-14-7-17(21)23-16(14)8-15(13)20/h1-6,13-16,20H,7-9H2. The molecule has 2 aliphatic rings. The monoisotopic (exact) mass is 336 g/mol. The Labute approximate surface area is 138 Å². The lowest BCUT2D eigenvalue weighted by atomic mass is 9.91. The van der Waals surface area contributed by atoms with Gasteiger partial charge < -0.3 is 14.6 Å². The molecule has 0 aromatic heterocycles. The van der Waals surface area contributed by atoms with E-state index in [1.807, 2.05) is 0 Å². The molecule has 1 N–H and O–H groups in total. The fourth-order valence-corrected chi connectivity index (χ4v) is 3.34. The zero-order valence-electron chi connectivity index (χ0n) is 12.4. The van der Waals surface area contributed by atoms with Gasteiger partial charge in [0.1, 0.15) is 11.9 Å². The summed E-state index contributed by atoms with van der Waals surface area (Å²) in [4.78, 5) is 23.2. The van der Waals surface area contributed by atoms with Gasteiger partial charge in [-0.15, -0.1) is 0 Å². The van der Waals surface area contributed by atoms with Crippen LogP contribution in [0.4, 0.5) is 0 Å². The minimum atomic E-state index is -0.587. The summed E-state index contributed by atoms with van der Waals surface area (Å²) in [6.45, 7) is -0.108. The van der Waals surface area contributed by atoms with Crippen LogP contribution in [-0.2, 0) is 14.3 Å². The zero-order valence-corrected chi connectivity index (χ0v) is 13.1. The summed E-state index contributed by atoms with van der Waals surface area (Å²) in [5, 5.41) is 10.6. The highest BCUT2D eigenvalue weighted by atomic mass is 35.5. The van der Waals surface area contributed by atoms with Gasteiger partial charge in [0.05, 0.1) is 12.5 Å². The van der Waals surface area contributed by atoms with Crippen molar-refractivity contribution >= 4 is 23.4 Å². The number of fused-ring (bicyclic) bond motifs is 1. The van der Waals surface area contributed by atoms with E-state index in [0.29, 0.717) is 23.6 Å². The quantitative estimate of drug-likeness (QED) is 0.659. The Bertz CT molecular complexity index is 642. The van der Waals surface area contributed by atoms with Crippen LogP contribution in [0.15, 0.2) is 36.4 Å². The molecule has 0 radical (unpaired) electrons. The second kappa shape index (κ2) is 6.72. The minimum absolute atomic E-state index is 0.0459. The van der Waals surface area contributed by atoms with Crippen LogP contribution in [0.25, 0.3) is 0 Å². The summed E-state index contributed by atoms with van der Waals surface area (Å²) in [6.07, 6.45) is 2.98. The molecule has 1 saturated carbocycles. The number of aliphatic hydroxyl groups excluding tert-OH is 1. The first kappa shape index (κ1) is 16.0. The van der Waals surface area contributed by atoms with Crippen molar-refractivity contribution in [3.05, 3.63) is 41.4 Å². The summed E-state index contributed by atoms with van der Waals surface area (Å²) in [5.41, 5.74) is 0. The second-order valence-corrected chi connectivity index (χ2v) is 6.28. The number of ketones is 1. The van der Waals surface area contributed by atoms with Gasteiger partial charge in [0.2, 0.25) is 0 Å². The predicted octanol–water partition coefficient (Wildman–Crippen LogP) is 2.16. The van der Waals surface area contributed by atoms with Crippen LogP contribution in [0.2, 0.25) is 5.02 Å². The smallest absolute Gasteiger partial charge is 0.306 e. The van der Waals surface area contributed by atoms with Crippen molar-refractivity contribution < 1.29 is 24.2 Å². The number of aliphatic hydroxyl groups is 1. The molecule has 1 aromatic carbocycles. The van der Waals surface area contributed by atoms with E-state index in [9.17, 15) is 14.7 Å². The number of esters is 1. The molecule has 23 heavy (non-hydrogen) atoms. The van der Waals surface area contributed by atoms with E-state index >= 15 is 0 Å². The average molecular weight is 337 g/mol. The molecule has 4 unspecified atom stereocenters. The van der Waals surface area contributed by atoms with Crippen molar-refractivity contribution in [3.63, 3.8) is 0 Å². The van der Waals surface area contributed by atoms with E-state index in [4.69, 9.17) is 21.1 Å². The van der Waals surface area contributed by atoms with Gasteiger partial charge in [-0.3, -0.25) is 9.59 Å². The van der Waals surface area contributed by atoms with Crippen molar-refractivity contribution in [2.75, 3.05) is 6.61 Å². The van der Waals surface area contributed by atoms with Crippen LogP contribution in [-0.4, -0.2) is 35.7 Å². The molecule has 6 heteroatoms. The highest BCUT2D eigenvalue weighted by molar-refractivity contribution is 6.30. The van der Waals surface area contributed by atoms with E-state index in [1.165, 1.54) is 6.08 Å². The predicted molar refractivity (Wildman–Crippen MR) is 83.2 cm³/mol. The molecule has 1 heterocycles. The van der Waals surface area contributed by atoms with Crippen molar-refractivity contribution in [2.45, 2.75) is 25.0 Å². The fourth-order valence-electron chi connectivity index (χ4n) is 3.16. The third-order valence-corrected chi connectivity index (χ3v) is 4.49. The number of halogens is 1. The molecule has 122 valence electrons. The first-order valence-electron chi connectivity index (χ1n) is 7.50. The average Bonchev–Trinajstić information content (AvgIpc) is 2.98. The Hall–Kier alpha value is -1.85. The van der Waals surface area contributed by atoms with Gasteiger partial charge in [-0.05, 0) is 24.3 Å². The summed E-state index contributed by atoms with van der Waals surface area (Å²) in [6, 6.07) is 6.81. The lowest BCUT2D eigenvalue weighted by molar-refractivity contribution is -0.141. The highest BCUT2D eigenvalue weighted by Crippen LogP contribution is 2.41. The molecule has 4 atom stereocenters. The van der Waals surface area contributed by atoms with E-state index < -0.39 is 6.10 Å². The van der Waals surface area contributed by atoms with Gasteiger partial charge in [-0.25, -0.2) is 0 Å². The molecule has 0 amide bonds. The minimum Gasteiger partial charge on any atom is -0.485 e. The molecule has 3 rings (SSSR count). The number of rotatable bonds is 5. The molecule has 5 nitrogen and oxygen atoms in total. The SMILES string of the molecule is O=C(C=CC1C(O)CC2OC(=O)CC21)COc1cccc(Cl)c1. The highest BCUT2D eigenvalue weighted by Gasteiger charge is 2.48. The van der Waals surface area contributed by atoms with Gasteiger partial charge in [-0.1, -0.05) is 23.7 Å². The van der Waals surface area contributed by atoms with Crippen molar-refractivity contribution in [3.8, 4) is 5.75 Å². The summed E-state index contributed by atoms with van der Waals surface area (Å²) in [5.74, 6) is -0.209.